The SMILES string of the molecule is CCc1cc2c(N3CCC(C(=O)O)C3)ncnc2s1. The molecule has 6 heteroatoms. The van der Waals surface area contributed by atoms with Gasteiger partial charge in [-0.3, -0.25) is 4.79 Å². The molecule has 5 nitrogen and oxygen atoms in total. The Labute approximate surface area is 114 Å². The number of hydrogen-bond acceptors (Lipinski definition) is 5. The number of anilines is 1. The van der Waals surface area contributed by atoms with Crippen molar-refractivity contribution in [1.29, 1.82) is 0 Å². The van der Waals surface area contributed by atoms with E-state index >= 15 is 0 Å². The lowest BCUT2D eigenvalue weighted by Crippen LogP contribution is -2.23. The molecule has 1 aliphatic heterocycles. The Morgan fingerprint density at radius 2 is 2.42 bits per heavy atom. The lowest BCUT2D eigenvalue weighted by molar-refractivity contribution is -0.140. The van der Waals surface area contributed by atoms with E-state index in [2.05, 4.69) is 27.9 Å². The highest BCUT2D eigenvalue weighted by atomic mass is 32.1. The maximum absolute atomic E-state index is 11.0. The largest absolute Gasteiger partial charge is 0.481 e. The maximum atomic E-state index is 11.0. The van der Waals surface area contributed by atoms with Gasteiger partial charge in [0.15, 0.2) is 0 Å². The molecule has 100 valence electrons. The van der Waals surface area contributed by atoms with Crippen LogP contribution in [0.1, 0.15) is 18.2 Å². The zero-order valence-corrected chi connectivity index (χ0v) is 11.5. The van der Waals surface area contributed by atoms with Crippen LogP contribution >= 0.6 is 11.3 Å². The van der Waals surface area contributed by atoms with Gasteiger partial charge in [0.25, 0.3) is 0 Å². The molecule has 0 spiro atoms. The average molecular weight is 277 g/mol. The summed E-state index contributed by atoms with van der Waals surface area (Å²) >= 11 is 1.68. The quantitative estimate of drug-likeness (QED) is 0.931. The molecule has 3 rings (SSSR count). The number of aromatic nitrogens is 2. The lowest BCUT2D eigenvalue weighted by Gasteiger charge is -2.17. The first-order valence-corrected chi connectivity index (χ1v) is 7.22. The number of fused-ring (bicyclic) bond motifs is 1. The highest BCUT2D eigenvalue weighted by Gasteiger charge is 2.29. The predicted octanol–water partition coefficient (Wildman–Crippen LogP) is 2.16. The first kappa shape index (κ1) is 12.3. The van der Waals surface area contributed by atoms with Crippen LogP contribution in [0.5, 0.6) is 0 Å². The Balaban J connectivity index is 1.97. The highest BCUT2D eigenvalue weighted by molar-refractivity contribution is 7.18. The fourth-order valence-electron chi connectivity index (χ4n) is 2.47. The summed E-state index contributed by atoms with van der Waals surface area (Å²) in [6.07, 6.45) is 3.24. The standard InChI is InChI=1S/C13H15N3O2S/c1-2-9-5-10-11(14-7-15-12(10)19-9)16-4-3-8(6-16)13(17)18/h5,7-8H,2-4,6H2,1H3,(H,17,18). The first-order valence-electron chi connectivity index (χ1n) is 6.40. The van der Waals surface area contributed by atoms with Gasteiger partial charge in [0.05, 0.1) is 11.3 Å². The van der Waals surface area contributed by atoms with Gasteiger partial charge in [0.2, 0.25) is 0 Å². The third kappa shape index (κ3) is 2.16. The van der Waals surface area contributed by atoms with Crippen molar-refractivity contribution in [3.63, 3.8) is 0 Å². The van der Waals surface area contributed by atoms with E-state index in [1.807, 2.05) is 0 Å². The second-order valence-electron chi connectivity index (χ2n) is 4.75. The molecular formula is C13H15N3O2S. The molecule has 0 aromatic carbocycles. The summed E-state index contributed by atoms with van der Waals surface area (Å²) in [4.78, 5) is 24.0. The van der Waals surface area contributed by atoms with Crippen molar-refractivity contribution in [3.05, 3.63) is 17.3 Å². The van der Waals surface area contributed by atoms with E-state index in [0.29, 0.717) is 13.0 Å². The van der Waals surface area contributed by atoms with E-state index in [4.69, 9.17) is 5.11 Å². The van der Waals surface area contributed by atoms with Gasteiger partial charge < -0.3 is 10.0 Å². The minimum atomic E-state index is -0.715. The van der Waals surface area contributed by atoms with Crippen LogP contribution in [-0.2, 0) is 11.2 Å². The Bertz CT molecular complexity index is 625. The van der Waals surface area contributed by atoms with Crippen LogP contribution in [-0.4, -0.2) is 34.1 Å². The van der Waals surface area contributed by atoms with Crippen molar-refractivity contribution in [2.75, 3.05) is 18.0 Å². The van der Waals surface area contributed by atoms with Crippen molar-refractivity contribution in [2.45, 2.75) is 19.8 Å². The van der Waals surface area contributed by atoms with Gasteiger partial charge in [-0.2, -0.15) is 0 Å². The van der Waals surface area contributed by atoms with Crippen LogP contribution in [0.25, 0.3) is 10.2 Å². The van der Waals surface area contributed by atoms with Crippen LogP contribution in [0.15, 0.2) is 12.4 Å². The molecule has 0 amide bonds. The summed E-state index contributed by atoms with van der Waals surface area (Å²) in [5.74, 6) is -0.119. The molecule has 1 fully saturated rings. The summed E-state index contributed by atoms with van der Waals surface area (Å²) in [5.41, 5.74) is 0. The van der Waals surface area contributed by atoms with Gasteiger partial charge in [-0.1, -0.05) is 6.92 Å². The number of carbonyl (C=O) groups is 1. The van der Waals surface area contributed by atoms with Crippen LogP contribution in [0.4, 0.5) is 5.82 Å². The summed E-state index contributed by atoms with van der Waals surface area (Å²) in [7, 11) is 0. The van der Waals surface area contributed by atoms with Gasteiger partial charge in [0.1, 0.15) is 17.0 Å². The normalized spacial score (nSPS) is 19.2. The van der Waals surface area contributed by atoms with Crippen molar-refractivity contribution >= 4 is 33.3 Å². The number of aryl methyl sites for hydroxylation is 1. The van der Waals surface area contributed by atoms with E-state index in [9.17, 15) is 4.79 Å². The first-order chi connectivity index (χ1) is 9.19. The number of rotatable bonds is 3. The maximum Gasteiger partial charge on any atom is 0.308 e. The Hall–Kier alpha value is -1.69. The zero-order chi connectivity index (χ0) is 13.4. The summed E-state index contributed by atoms with van der Waals surface area (Å²) < 4.78 is 0. The number of carboxylic acids is 1. The molecule has 1 aliphatic rings. The molecule has 0 saturated carbocycles. The van der Waals surface area contributed by atoms with Crippen molar-refractivity contribution < 1.29 is 9.90 Å². The lowest BCUT2D eigenvalue weighted by atomic mass is 10.1. The predicted molar refractivity (Wildman–Crippen MR) is 74.7 cm³/mol. The van der Waals surface area contributed by atoms with E-state index in [-0.39, 0.29) is 5.92 Å². The number of carboxylic acid groups (broad SMARTS) is 1. The van der Waals surface area contributed by atoms with Gasteiger partial charge in [-0.05, 0) is 18.9 Å². The summed E-state index contributed by atoms with van der Waals surface area (Å²) in [5, 5.41) is 10.1. The molecule has 2 aromatic heterocycles. The van der Waals surface area contributed by atoms with Gasteiger partial charge in [-0.25, -0.2) is 9.97 Å². The Morgan fingerprint density at radius 3 is 3.11 bits per heavy atom. The smallest absolute Gasteiger partial charge is 0.308 e. The molecule has 1 unspecified atom stereocenters. The molecule has 1 atom stereocenters. The van der Waals surface area contributed by atoms with E-state index in [1.165, 1.54) is 4.88 Å². The van der Waals surface area contributed by atoms with Crippen LogP contribution < -0.4 is 4.90 Å². The van der Waals surface area contributed by atoms with E-state index < -0.39 is 5.97 Å². The number of hydrogen-bond donors (Lipinski definition) is 1. The molecule has 2 aromatic rings. The van der Waals surface area contributed by atoms with Crippen LogP contribution in [0, 0.1) is 5.92 Å². The van der Waals surface area contributed by atoms with E-state index in [0.717, 1.165) is 29.0 Å². The monoisotopic (exact) mass is 277 g/mol. The number of aliphatic carboxylic acids is 1. The van der Waals surface area contributed by atoms with E-state index in [1.54, 1.807) is 17.7 Å². The third-order valence-corrected chi connectivity index (χ3v) is 4.73. The number of nitrogens with zero attached hydrogens (tertiary/aromatic N) is 3. The summed E-state index contributed by atoms with van der Waals surface area (Å²) in [6.45, 7) is 3.41. The fourth-order valence-corrected chi connectivity index (χ4v) is 3.40. The molecular weight excluding hydrogens is 262 g/mol. The van der Waals surface area contributed by atoms with Crippen molar-refractivity contribution in [3.8, 4) is 0 Å². The minimum Gasteiger partial charge on any atom is -0.481 e. The van der Waals surface area contributed by atoms with Gasteiger partial charge in [0, 0.05) is 18.0 Å². The minimum absolute atomic E-state index is 0.283. The Morgan fingerprint density at radius 1 is 1.58 bits per heavy atom. The molecule has 0 bridgehead atoms. The Kier molecular flexibility index (Phi) is 3.10. The second-order valence-corrected chi connectivity index (χ2v) is 5.87. The topological polar surface area (TPSA) is 66.3 Å². The molecule has 3 heterocycles. The summed E-state index contributed by atoms with van der Waals surface area (Å²) in [6, 6.07) is 2.13. The van der Waals surface area contributed by atoms with Crippen molar-refractivity contribution in [1.82, 2.24) is 9.97 Å². The van der Waals surface area contributed by atoms with Crippen LogP contribution in [0.3, 0.4) is 0 Å². The number of thiophene rings is 1. The fraction of sp³-hybridized carbons (Fsp3) is 0.462. The van der Waals surface area contributed by atoms with Crippen LogP contribution in [0.2, 0.25) is 0 Å². The van der Waals surface area contributed by atoms with Gasteiger partial charge in [-0.15, -0.1) is 11.3 Å². The molecule has 1 N–H and O–H groups in total. The van der Waals surface area contributed by atoms with Crippen molar-refractivity contribution in [2.24, 2.45) is 5.92 Å². The molecule has 0 aliphatic carbocycles. The second kappa shape index (κ2) is 4.77. The molecule has 1 saturated heterocycles. The van der Waals surface area contributed by atoms with Gasteiger partial charge >= 0.3 is 5.97 Å². The highest BCUT2D eigenvalue weighted by Crippen LogP contribution is 2.32. The molecule has 0 radical (unpaired) electrons. The molecule has 19 heavy (non-hydrogen) atoms. The third-order valence-electron chi connectivity index (χ3n) is 3.54. The average Bonchev–Trinajstić information content (AvgIpc) is 3.04. The zero-order valence-electron chi connectivity index (χ0n) is 10.7.